The summed E-state index contributed by atoms with van der Waals surface area (Å²) in [5.74, 6) is 0.522. The van der Waals surface area contributed by atoms with Crippen molar-refractivity contribution >= 4 is 60.6 Å². The van der Waals surface area contributed by atoms with E-state index in [1.165, 1.54) is 5.56 Å². The van der Waals surface area contributed by atoms with E-state index in [1.807, 2.05) is 72.8 Å². The summed E-state index contributed by atoms with van der Waals surface area (Å²) in [6.45, 7) is 2.52. The number of esters is 1. The number of hydrogen-bond acceptors (Lipinski definition) is 4. The molecule has 0 spiro atoms. The summed E-state index contributed by atoms with van der Waals surface area (Å²) < 4.78 is 13.1. The first-order chi connectivity index (χ1) is 16.5. The van der Waals surface area contributed by atoms with Gasteiger partial charge in [-0.25, -0.2) is 9.79 Å². The van der Waals surface area contributed by atoms with Crippen molar-refractivity contribution in [3.63, 3.8) is 0 Å². The van der Waals surface area contributed by atoms with Gasteiger partial charge in [0, 0.05) is 5.56 Å². The van der Waals surface area contributed by atoms with Gasteiger partial charge in [-0.3, -0.25) is 0 Å². The van der Waals surface area contributed by atoms with Crippen molar-refractivity contribution in [1.82, 2.24) is 0 Å². The Morgan fingerprint density at radius 1 is 0.912 bits per heavy atom. The second kappa shape index (κ2) is 9.57. The summed E-state index contributed by atoms with van der Waals surface area (Å²) in [4.78, 5) is 17.0. The second-order valence-corrected chi connectivity index (χ2v) is 9.64. The number of fused-ring (bicyclic) bond motifs is 1. The molecule has 0 aliphatic carbocycles. The Bertz CT molecular complexity index is 1470. The molecule has 168 valence electrons. The molecular weight excluding hydrogens is 558 g/mol. The Kier molecular flexibility index (Phi) is 6.35. The van der Waals surface area contributed by atoms with Crippen LogP contribution in [-0.2, 0) is 16.1 Å². The topological polar surface area (TPSA) is 47.9 Å². The summed E-state index contributed by atoms with van der Waals surface area (Å²) in [7, 11) is 0. The van der Waals surface area contributed by atoms with Gasteiger partial charge in [0.25, 0.3) is 0 Å². The molecule has 4 aromatic rings. The summed E-state index contributed by atoms with van der Waals surface area (Å²) in [6.07, 6.45) is 1.71. The first kappa shape index (κ1) is 22.6. The Labute approximate surface area is 214 Å². The Morgan fingerprint density at radius 3 is 2.38 bits per heavy atom. The van der Waals surface area contributed by atoms with Crippen LogP contribution in [-0.4, -0.2) is 11.9 Å². The van der Waals surface area contributed by atoms with Crippen LogP contribution in [0.4, 0.5) is 0 Å². The fourth-order valence-corrected chi connectivity index (χ4v) is 5.19. The highest BCUT2D eigenvalue weighted by molar-refractivity contribution is 9.11. The van der Waals surface area contributed by atoms with Crippen molar-refractivity contribution in [1.29, 1.82) is 0 Å². The fourth-order valence-electron chi connectivity index (χ4n) is 3.74. The normalized spacial score (nSPS) is 14.4. The maximum atomic E-state index is 12.5. The second-order valence-electron chi connectivity index (χ2n) is 7.93. The van der Waals surface area contributed by atoms with E-state index < -0.39 is 5.97 Å². The minimum Gasteiger partial charge on any atom is -0.487 e. The SMILES string of the molecule is Cc1ccccc1COc1c(Br)cc(/C=C2\N=C(c3ccc4ccccc4c3)OC2=O)cc1Br. The van der Waals surface area contributed by atoms with Crippen LogP contribution in [0.3, 0.4) is 0 Å². The summed E-state index contributed by atoms with van der Waals surface area (Å²) >= 11 is 7.18. The van der Waals surface area contributed by atoms with Crippen LogP contribution in [0.2, 0.25) is 0 Å². The first-order valence-electron chi connectivity index (χ1n) is 10.7. The van der Waals surface area contributed by atoms with Gasteiger partial charge in [0.1, 0.15) is 12.4 Å². The summed E-state index contributed by atoms with van der Waals surface area (Å²) in [5, 5.41) is 2.18. The van der Waals surface area contributed by atoms with E-state index >= 15 is 0 Å². The number of ether oxygens (including phenoxy) is 2. The van der Waals surface area contributed by atoms with E-state index in [0.717, 1.165) is 36.4 Å². The molecule has 5 rings (SSSR count). The minimum atomic E-state index is -0.477. The number of halogens is 2. The van der Waals surface area contributed by atoms with Crippen molar-refractivity contribution in [3.8, 4) is 5.75 Å². The van der Waals surface area contributed by atoms with Gasteiger partial charge in [-0.15, -0.1) is 0 Å². The molecule has 34 heavy (non-hydrogen) atoms. The number of aryl methyl sites for hydroxylation is 1. The molecule has 0 bridgehead atoms. The highest BCUT2D eigenvalue weighted by atomic mass is 79.9. The predicted molar refractivity (Wildman–Crippen MR) is 142 cm³/mol. The maximum Gasteiger partial charge on any atom is 0.363 e. The van der Waals surface area contributed by atoms with Gasteiger partial charge in [-0.2, -0.15) is 0 Å². The van der Waals surface area contributed by atoms with Crippen molar-refractivity contribution < 1.29 is 14.3 Å². The lowest BCUT2D eigenvalue weighted by atomic mass is 10.1. The molecule has 0 aromatic heterocycles. The number of nitrogens with zero attached hydrogens (tertiary/aromatic N) is 1. The smallest absolute Gasteiger partial charge is 0.363 e. The van der Waals surface area contributed by atoms with Crippen LogP contribution in [0, 0.1) is 6.92 Å². The zero-order valence-electron chi connectivity index (χ0n) is 18.2. The van der Waals surface area contributed by atoms with Gasteiger partial charge in [0.15, 0.2) is 5.70 Å². The molecule has 0 amide bonds. The van der Waals surface area contributed by atoms with Crippen LogP contribution in [0.5, 0.6) is 5.75 Å². The Balaban J connectivity index is 1.39. The van der Waals surface area contributed by atoms with E-state index in [0.29, 0.717) is 18.3 Å². The lowest BCUT2D eigenvalue weighted by molar-refractivity contribution is -0.129. The quantitative estimate of drug-likeness (QED) is 0.181. The van der Waals surface area contributed by atoms with Crippen molar-refractivity contribution in [2.24, 2.45) is 4.99 Å². The standard InChI is InChI=1S/C28H19Br2NO3/c1-17-6-2-3-9-22(17)16-33-26-23(29)12-18(13-24(26)30)14-25-28(32)34-27(31-25)21-11-10-19-7-4-5-8-20(19)15-21/h2-15H,16H2,1H3/b25-14-. The van der Waals surface area contributed by atoms with E-state index in [-0.39, 0.29) is 5.70 Å². The Hall–Kier alpha value is -3.22. The number of carbonyl (C=O) groups is 1. The van der Waals surface area contributed by atoms with Crippen LogP contribution >= 0.6 is 31.9 Å². The van der Waals surface area contributed by atoms with Crippen LogP contribution in [0.25, 0.3) is 16.8 Å². The third-order valence-corrected chi connectivity index (χ3v) is 6.75. The van der Waals surface area contributed by atoms with E-state index in [9.17, 15) is 4.79 Å². The molecule has 0 N–H and O–H groups in total. The van der Waals surface area contributed by atoms with Gasteiger partial charge >= 0.3 is 5.97 Å². The molecule has 0 atom stereocenters. The van der Waals surface area contributed by atoms with Crippen molar-refractivity contribution in [3.05, 3.63) is 116 Å². The number of carbonyl (C=O) groups excluding carboxylic acids is 1. The highest BCUT2D eigenvalue weighted by Gasteiger charge is 2.24. The maximum absolute atomic E-state index is 12.5. The number of rotatable bonds is 5. The summed E-state index contributed by atoms with van der Waals surface area (Å²) in [6, 6.07) is 25.8. The summed E-state index contributed by atoms with van der Waals surface area (Å²) in [5.41, 5.74) is 4.10. The molecule has 0 saturated heterocycles. The molecular formula is C28H19Br2NO3. The number of cyclic esters (lactones) is 1. The molecule has 1 aliphatic heterocycles. The van der Waals surface area contributed by atoms with E-state index in [4.69, 9.17) is 9.47 Å². The average Bonchev–Trinajstić information content (AvgIpc) is 3.19. The van der Waals surface area contributed by atoms with Gasteiger partial charge in [-0.1, -0.05) is 54.6 Å². The number of benzene rings is 4. The fraction of sp³-hybridized carbons (Fsp3) is 0.0714. The van der Waals surface area contributed by atoms with Gasteiger partial charge in [-0.05, 0) is 96.6 Å². The third kappa shape index (κ3) is 4.69. The van der Waals surface area contributed by atoms with Crippen LogP contribution in [0.15, 0.2) is 98.5 Å². The van der Waals surface area contributed by atoms with Gasteiger partial charge in [0.2, 0.25) is 5.90 Å². The molecule has 4 aromatic carbocycles. The molecule has 0 fully saturated rings. The minimum absolute atomic E-state index is 0.246. The van der Waals surface area contributed by atoms with E-state index in [2.05, 4.69) is 49.8 Å². The lowest BCUT2D eigenvalue weighted by Crippen LogP contribution is -2.05. The monoisotopic (exact) mass is 575 g/mol. The highest BCUT2D eigenvalue weighted by Crippen LogP contribution is 2.36. The van der Waals surface area contributed by atoms with E-state index in [1.54, 1.807) is 6.08 Å². The molecule has 1 heterocycles. The molecule has 1 aliphatic rings. The predicted octanol–water partition coefficient (Wildman–Crippen LogP) is 7.60. The molecule has 0 unspecified atom stereocenters. The Morgan fingerprint density at radius 2 is 1.62 bits per heavy atom. The lowest BCUT2D eigenvalue weighted by Gasteiger charge is -2.12. The van der Waals surface area contributed by atoms with Gasteiger partial charge < -0.3 is 9.47 Å². The largest absolute Gasteiger partial charge is 0.487 e. The van der Waals surface area contributed by atoms with Crippen molar-refractivity contribution in [2.75, 3.05) is 0 Å². The zero-order valence-corrected chi connectivity index (χ0v) is 21.4. The average molecular weight is 577 g/mol. The van der Waals surface area contributed by atoms with Crippen LogP contribution in [0.1, 0.15) is 22.3 Å². The molecule has 0 saturated carbocycles. The third-order valence-electron chi connectivity index (χ3n) is 5.57. The van der Waals surface area contributed by atoms with Crippen molar-refractivity contribution in [2.45, 2.75) is 13.5 Å². The number of hydrogen-bond donors (Lipinski definition) is 0. The van der Waals surface area contributed by atoms with Gasteiger partial charge in [0.05, 0.1) is 8.95 Å². The zero-order chi connectivity index (χ0) is 23.7. The first-order valence-corrected chi connectivity index (χ1v) is 12.2. The molecule has 4 nitrogen and oxygen atoms in total. The molecule has 0 radical (unpaired) electrons. The number of aliphatic imine (C=N–C) groups is 1. The molecule has 6 heteroatoms. The van der Waals surface area contributed by atoms with Crippen LogP contribution < -0.4 is 4.74 Å².